The Labute approximate surface area is 152 Å². The lowest BCUT2D eigenvalue weighted by Gasteiger charge is -2.14. The molecule has 0 spiro atoms. The Kier molecular flexibility index (Phi) is 4.73. The quantitative estimate of drug-likeness (QED) is 0.599. The standard InChI is InChI=1S/C19H18N2OS2/c1-13-4-8-16(9-5-13)21-18(22)17(24-19(21)23)12-14-6-10-15(11-7-14)20(2)3/h4-12H,1-3H3. The van der Waals surface area contributed by atoms with Crippen LogP contribution in [0.3, 0.4) is 0 Å². The number of nitrogens with zero attached hydrogens (tertiary/aromatic N) is 2. The number of hydrogen-bond donors (Lipinski definition) is 0. The first-order valence-electron chi connectivity index (χ1n) is 7.58. The predicted octanol–water partition coefficient (Wildman–Crippen LogP) is 4.47. The van der Waals surface area contributed by atoms with E-state index in [-0.39, 0.29) is 5.91 Å². The fraction of sp³-hybridized carbons (Fsp3) is 0.158. The molecule has 3 nitrogen and oxygen atoms in total. The molecule has 1 fully saturated rings. The van der Waals surface area contributed by atoms with E-state index in [9.17, 15) is 4.79 Å². The molecule has 1 heterocycles. The molecule has 0 bridgehead atoms. The number of carbonyl (C=O) groups is 1. The number of amides is 1. The first-order valence-corrected chi connectivity index (χ1v) is 8.80. The lowest BCUT2D eigenvalue weighted by molar-refractivity contribution is -0.113. The molecule has 1 aliphatic heterocycles. The van der Waals surface area contributed by atoms with Crippen LogP contribution in [-0.2, 0) is 4.79 Å². The van der Waals surface area contributed by atoms with Crippen LogP contribution in [0.15, 0.2) is 53.4 Å². The number of aryl methyl sites for hydroxylation is 1. The van der Waals surface area contributed by atoms with Crippen LogP contribution in [0, 0.1) is 6.92 Å². The van der Waals surface area contributed by atoms with E-state index in [0.29, 0.717) is 9.23 Å². The summed E-state index contributed by atoms with van der Waals surface area (Å²) >= 11 is 6.75. The van der Waals surface area contributed by atoms with Crippen molar-refractivity contribution in [3.63, 3.8) is 0 Å². The van der Waals surface area contributed by atoms with Crippen LogP contribution < -0.4 is 9.80 Å². The van der Waals surface area contributed by atoms with Crippen LogP contribution in [0.2, 0.25) is 0 Å². The summed E-state index contributed by atoms with van der Waals surface area (Å²) in [6.45, 7) is 2.02. The molecule has 0 saturated carbocycles. The molecule has 2 aromatic rings. The van der Waals surface area contributed by atoms with E-state index in [2.05, 4.69) is 0 Å². The smallest absolute Gasteiger partial charge is 0.270 e. The molecule has 0 aromatic heterocycles. The Balaban J connectivity index is 1.86. The topological polar surface area (TPSA) is 23.6 Å². The van der Waals surface area contributed by atoms with Gasteiger partial charge in [0.25, 0.3) is 5.91 Å². The first kappa shape index (κ1) is 16.7. The number of thioether (sulfide) groups is 1. The Hall–Kier alpha value is -2.11. The molecule has 0 aliphatic carbocycles. The van der Waals surface area contributed by atoms with Crippen LogP contribution >= 0.6 is 24.0 Å². The minimum Gasteiger partial charge on any atom is -0.378 e. The van der Waals surface area contributed by atoms with Gasteiger partial charge in [0, 0.05) is 19.8 Å². The molecule has 2 aromatic carbocycles. The first-order chi connectivity index (χ1) is 11.5. The molecule has 0 unspecified atom stereocenters. The van der Waals surface area contributed by atoms with Crippen molar-refractivity contribution in [2.24, 2.45) is 0 Å². The van der Waals surface area contributed by atoms with E-state index in [0.717, 1.165) is 22.5 Å². The summed E-state index contributed by atoms with van der Waals surface area (Å²) in [6.07, 6.45) is 1.90. The van der Waals surface area contributed by atoms with Crippen LogP contribution in [0.5, 0.6) is 0 Å². The van der Waals surface area contributed by atoms with Crippen molar-refractivity contribution in [3.05, 3.63) is 64.6 Å². The van der Waals surface area contributed by atoms with Crippen LogP contribution in [-0.4, -0.2) is 24.3 Å². The monoisotopic (exact) mass is 354 g/mol. The van der Waals surface area contributed by atoms with Gasteiger partial charge in [-0.1, -0.05) is 53.8 Å². The second-order valence-corrected chi connectivity index (χ2v) is 7.51. The second kappa shape index (κ2) is 6.79. The summed E-state index contributed by atoms with van der Waals surface area (Å²) in [6, 6.07) is 15.9. The lowest BCUT2D eigenvalue weighted by Crippen LogP contribution is -2.27. The highest BCUT2D eigenvalue weighted by Crippen LogP contribution is 2.36. The van der Waals surface area contributed by atoms with Gasteiger partial charge in [-0.15, -0.1) is 0 Å². The van der Waals surface area contributed by atoms with Crippen molar-refractivity contribution >= 4 is 51.7 Å². The molecule has 3 rings (SSSR count). The SMILES string of the molecule is Cc1ccc(N2C(=O)C(=Cc3ccc(N(C)C)cc3)SC2=S)cc1. The van der Waals surface area contributed by atoms with Crippen molar-refractivity contribution in [3.8, 4) is 0 Å². The van der Waals surface area contributed by atoms with Gasteiger partial charge in [-0.25, -0.2) is 0 Å². The van der Waals surface area contributed by atoms with E-state index in [1.54, 1.807) is 4.90 Å². The third-order valence-electron chi connectivity index (χ3n) is 3.79. The number of benzene rings is 2. The third kappa shape index (κ3) is 3.37. The van der Waals surface area contributed by atoms with E-state index >= 15 is 0 Å². The van der Waals surface area contributed by atoms with Gasteiger partial charge in [-0.3, -0.25) is 9.69 Å². The predicted molar refractivity (Wildman–Crippen MR) is 108 cm³/mol. The Bertz CT molecular complexity index is 808. The number of thiocarbonyl (C=S) groups is 1. The summed E-state index contributed by atoms with van der Waals surface area (Å²) < 4.78 is 0.569. The molecule has 1 aliphatic rings. The van der Waals surface area contributed by atoms with Gasteiger partial charge in [0.15, 0.2) is 4.32 Å². The van der Waals surface area contributed by atoms with Gasteiger partial charge in [0.1, 0.15) is 0 Å². The van der Waals surface area contributed by atoms with E-state index < -0.39 is 0 Å². The largest absolute Gasteiger partial charge is 0.378 e. The highest BCUT2D eigenvalue weighted by atomic mass is 32.2. The highest BCUT2D eigenvalue weighted by Gasteiger charge is 2.33. The van der Waals surface area contributed by atoms with Crippen molar-refractivity contribution < 1.29 is 4.79 Å². The number of hydrogen-bond acceptors (Lipinski definition) is 4. The molecule has 1 saturated heterocycles. The third-order valence-corrected chi connectivity index (χ3v) is 5.10. The summed E-state index contributed by atoms with van der Waals surface area (Å²) in [4.78, 5) is 17.0. The number of anilines is 2. The second-order valence-electron chi connectivity index (χ2n) is 5.84. The Morgan fingerprint density at radius 1 is 1.04 bits per heavy atom. The maximum absolute atomic E-state index is 12.7. The molecule has 1 amide bonds. The summed E-state index contributed by atoms with van der Waals surface area (Å²) in [5.41, 5.74) is 4.08. The van der Waals surface area contributed by atoms with Gasteiger partial charge in [0.05, 0.1) is 10.6 Å². The molecular weight excluding hydrogens is 336 g/mol. The molecular formula is C19H18N2OS2. The fourth-order valence-corrected chi connectivity index (χ4v) is 3.70. The number of rotatable bonds is 3. The van der Waals surface area contributed by atoms with E-state index in [4.69, 9.17) is 12.2 Å². The van der Waals surface area contributed by atoms with Crippen molar-refractivity contribution in [1.82, 2.24) is 0 Å². The van der Waals surface area contributed by atoms with Gasteiger partial charge < -0.3 is 4.90 Å². The number of carbonyl (C=O) groups excluding carboxylic acids is 1. The Morgan fingerprint density at radius 2 is 1.67 bits per heavy atom. The van der Waals surface area contributed by atoms with E-state index in [1.807, 2.05) is 80.5 Å². The minimum atomic E-state index is -0.0643. The molecule has 122 valence electrons. The van der Waals surface area contributed by atoms with Gasteiger partial charge in [-0.2, -0.15) is 0 Å². The van der Waals surface area contributed by atoms with Gasteiger partial charge in [-0.05, 0) is 42.8 Å². The maximum atomic E-state index is 12.7. The average Bonchev–Trinajstić information content (AvgIpc) is 2.83. The zero-order chi connectivity index (χ0) is 17.3. The van der Waals surface area contributed by atoms with Crippen LogP contribution in [0.25, 0.3) is 6.08 Å². The van der Waals surface area contributed by atoms with Crippen LogP contribution in [0.4, 0.5) is 11.4 Å². The Morgan fingerprint density at radius 3 is 2.25 bits per heavy atom. The molecule has 24 heavy (non-hydrogen) atoms. The summed E-state index contributed by atoms with van der Waals surface area (Å²) in [5, 5.41) is 0. The van der Waals surface area contributed by atoms with Crippen molar-refractivity contribution in [2.45, 2.75) is 6.92 Å². The van der Waals surface area contributed by atoms with E-state index in [1.165, 1.54) is 11.8 Å². The lowest BCUT2D eigenvalue weighted by atomic mass is 10.1. The average molecular weight is 355 g/mol. The summed E-state index contributed by atoms with van der Waals surface area (Å²) in [7, 11) is 4.00. The minimum absolute atomic E-state index is 0.0643. The van der Waals surface area contributed by atoms with Crippen molar-refractivity contribution in [2.75, 3.05) is 23.9 Å². The molecule has 0 N–H and O–H groups in total. The zero-order valence-corrected chi connectivity index (χ0v) is 15.4. The molecule has 0 atom stereocenters. The van der Waals surface area contributed by atoms with Gasteiger partial charge >= 0.3 is 0 Å². The van der Waals surface area contributed by atoms with Gasteiger partial charge in [0.2, 0.25) is 0 Å². The van der Waals surface area contributed by atoms with Crippen molar-refractivity contribution in [1.29, 1.82) is 0 Å². The fourth-order valence-electron chi connectivity index (χ4n) is 2.40. The normalized spacial score (nSPS) is 16.1. The molecule has 5 heteroatoms. The zero-order valence-electron chi connectivity index (χ0n) is 13.8. The maximum Gasteiger partial charge on any atom is 0.270 e. The van der Waals surface area contributed by atoms with Crippen LogP contribution in [0.1, 0.15) is 11.1 Å². The highest BCUT2D eigenvalue weighted by molar-refractivity contribution is 8.27. The molecule has 0 radical (unpaired) electrons. The summed E-state index contributed by atoms with van der Waals surface area (Å²) in [5.74, 6) is -0.0643.